The summed E-state index contributed by atoms with van der Waals surface area (Å²) in [5.74, 6) is 0. The van der Waals surface area contributed by atoms with E-state index in [2.05, 4.69) is 49.1 Å². The van der Waals surface area contributed by atoms with E-state index in [1.165, 1.54) is 17.0 Å². The van der Waals surface area contributed by atoms with Gasteiger partial charge in [0.1, 0.15) is 5.15 Å². The molecular formula is C19H22Cl4N6. The minimum atomic E-state index is 0. The van der Waals surface area contributed by atoms with Crippen molar-refractivity contribution >= 4 is 71.1 Å². The van der Waals surface area contributed by atoms with Gasteiger partial charge >= 0.3 is 0 Å². The molecule has 2 aliphatic rings. The molecule has 0 atom stereocenters. The van der Waals surface area contributed by atoms with Crippen LogP contribution in [-0.4, -0.2) is 33.2 Å². The molecule has 0 unspecified atom stereocenters. The molecule has 156 valence electrons. The Hall–Kier alpha value is -1.83. The van der Waals surface area contributed by atoms with Crippen LogP contribution in [0.3, 0.4) is 0 Å². The highest BCUT2D eigenvalue weighted by Crippen LogP contribution is 2.31. The molecule has 3 aromatic rings. The summed E-state index contributed by atoms with van der Waals surface area (Å²) in [6.07, 6.45) is 7.50. The maximum Gasteiger partial charge on any atom is 0.132 e. The van der Waals surface area contributed by atoms with Crippen molar-refractivity contribution in [3.05, 3.63) is 64.8 Å². The average molecular weight is 476 g/mol. The Bertz CT molecular complexity index is 1040. The van der Waals surface area contributed by atoms with Crippen molar-refractivity contribution < 1.29 is 0 Å². The predicted molar refractivity (Wildman–Crippen MR) is 126 cm³/mol. The summed E-state index contributed by atoms with van der Waals surface area (Å²) in [5, 5.41) is 15.4. The third-order valence-corrected chi connectivity index (χ3v) is 5.22. The number of aromatic nitrogens is 3. The van der Waals surface area contributed by atoms with Crippen molar-refractivity contribution in [2.75, 3.05) is 18.4 Å². The van der Waals surface area contributed by atoms with Crippen LogP contribution in [0.15, 0.2) is 48.4 Å². The summed E-state index contributed by atoms with van der Waals surface area (Å²) in [7, 11) is 0. The number of aromatic amines is 2. The summed E-state index contributed by atoms with van der Waals surface area (Å²) < 4.78 is 0. The Morgan fingerprint density at radius 3 is 2.79 bits per heavy atom. The minimum absolute atomic E-state index is 0. The molecule has 0 spiro atoms. The fourth-order valence-electron chi connectivity index (χ4n) is 3.60. The van der Waals surface area contributed by atoms with Crippen molar-refractivity contribution in [2.24, 2.45) is 0 Å². The maximum absolute atomic E-state index is 6.19. The summed E-state index contributed by atoms with van der Waals surface area (Å²) in [5.41, 5.74) is 6.70. The average Bonchev–Trinajstić information content (AvgIpc) is 3.30. The zero-order chi connectivity index (χ0) is 17.5. The Kier molecular flexibility index (Phi) is 7.91. The number of hydrogen-bond donors (Lipinski definition) is 4. The van der Waals surface area contributed by atoms with E-state index >= 15 is 0 Å². The largest absolute Gasteiger partial charge is 0.363 e. The normalized spacial score (nSPS) is 15.3. The lowest BCUT2D eigenvalue weighted by Crippen LogP contribution is -2.29. The molecule has 1 aromatic carbocycles. The number of anilines is 1. The van der Waals surface area contributed by atoms with E-state index in [0.29, 0.717) is 5.15 Å². The standard InChI is InChI=1S/C19H19ClN6.3ClH/c20-19-15-9-12(1-2-16(15)24-25-19)23-18-11-26(13-3-6-21-7-4-13)10-17-14(18)5-8-22-17;;;/h1-3,5,8-9,11,21-23H,4,6-7,10H2,(H,24,25);3*1H. The number of hydrogen-bond acceptors (Lipinski definition) is 4. The minimum Gasteiger partial charge on any atom is -0.363 e. The third kappa shape index (κ3) is 4.52. The summed E-state index contributed by atoms with van der Waals surface area (Å²) in [6.45, 7) is 2.81. The number of nitrogens with one attached hydrogen (secondary N) is 4. The van der Waals surface area contributed by atoms with Crippen LogP contribution in [0.5, 0.6) is 0 Å². The van der Waals surface area contributed by atoms with Crippen LogP contribution in [0.2, 0.25) is 5.15 Å². The molecule has 0 aliphatic carbocycles. The second kappa shape index (κ2) is 9.78. The molecule has 2 aliphatic heterocycles. The van der Waals surface area contributed by atoms with E-state index in [4.69, 9.17) is 11.6 Å². The molecule has 0 fully saturated rings. The van der Waals surface area contributed by atoms with Crippen LogP contribution in [0, 0.1) is 0 Å². The van der Waals surface area contributed by atoms with Gasteiger partial charge in [-0.3, -0.25) is 5.10 Å². The van der Waals surface area contributed by atoms with Gasteiger partial charge in [0.2, 0.25) is 0 Å². The zero-order valence-corrected chi connectivity index (χ0v) is 18.6. The van der Waals surface area contributed by atoms with Gasteiger partial charge in [-0.25, -0.2) is 0 Å². The van der Waals surface area contributed by atoms with Crippen molar-refractivity contribution in [1.82, 2.24) is 25.4 Å². The molecule has 4 heterocycles. The van der Waals surface area contributed by atoms with E-state index < -0.39 is 0 Å². The second-order valence-corrected chi connectivity index (χ2v) is 6.96. The van der Waals surface area contributed by atoms with Gasteiger partial charge in [0.05, 0.1) is 17.8 Å². The van der Waals surface area contributed by atoms with Crippen LogP contribution >= 0.6 is 48.8 Å². The van der Waals surface area contributed by atoms with Gasteiger partial charge in [-0.2, -0.15) is 5.10 Å². The van der Waals surface area contributed by atoms with Gasteiger partial charge in [0.25, 0.3) is 0 Å². The number of nitrogens with zero attached hydrogens (tertiary/aromatic N) is 2. The number of fused-ring (bicyclic) bond motifs is 2. The molecule has 0 radical (unpaired) electrons. The predicted octanol–water partition coefficient (Wildman–Crippen LogP) is 4.91. The fourth-order valence-corrected chi connectivity index (χ4v) is 3.79. The van der Waals surface area contributed by atoms with Crippen LogP contribution < -0.4 is 10.6 Å². The first-order valence-electron chi connectivity index (χ1n) is 8.73. The van der Waals surface area contributed by atoms with E-state index in [0.717, 1.165) is 48.3 Å². The van der Waals surface area contributed by atoms with E-state index in [1.54, 1.807) is 0 Å². The summed E-state index contributed by atoms with van der Waals surface area (Å²) >= 11 is 6.19. The van der Waals surface area contributed by atoms with E-state index in [1.807, 2.05) is 24.4 Å². The quantitative estimate of drug-likeness (QED) is 0.434. The van der Waals surface area contributed by atoms with Gasteiger partial charge in [0, 0.05) is 53.5 Å². The highest BCUT2D eigenvalue weighted by atomic mass is 35.5. The molecular weight excluding hydrogens is 454 g/mol. The smallest absolute Gasteiger partial charge is 0.132 e. The third-order valence-electron chi connectivity index (χ3n) is 4.93. The first-order valence-corrected chi connectivity index (χ1v) is 9.11. The summed E-state index contributed by atoms with van der Waals surface area (Å²) in [4.78, 5) is 5.70. The molecule has 6 nitrogen and oxygen atoms in total. The van der Waals surface area contributed by atoms with Crippen molar-refractivity contribution in [2.45, 2.75) is 13.0 Å². The number of rotatable bonds is 3. The first kappa shape index (κ1) is 23.4. The molecule has 0 bridgehead atoms. The molecule has 2 aromatic heterocycles. The monoisotopic (exact) mass is 474 g/mol. The molecule has 0 saturated carbocycles. The Morgan fingerprint density at radius 1 is 1.14 bits per heavy atom. The van der Waals surface area contributed by atoms with Crippen LogP contribution in [0.25, 0.3) is 16.6 Å². The molecule has 0 amide bonds. The van der Waals surface area contributed by atoms with Gasteiger partial charge in [-0.05, 0) is 30.7 Å². The van der Waals surface area contributed by atoms with Crippen LogP contribution in [0.1, 0.15) is 17.7 Å². The van der Waals surface area contributed by atoms with E-state index in [-0.39, 0.29) is 37.2 Å². The lowest BCUT2D eigenvalue weighted by atomic mass is 10.1. The Labute approximate surface area is 192 Å². The molecule has 10 heteroatoms. The lowest BCUT2D eigenvalue weighted by molar-refractivity contribution is 0.415. The number of H-pyrrole nitrogens is 2. The van der Waals surface area contributed by atoms with E-state index in [9.17, 15) is 0 Å². The molecule has 4 N–H and O–H groups in total. The van der Waals surface area contributed by atoms with Gasteiger partial charge in [-0.15, -0.1) is 37.2 Å². The van der Waals surface area contributed by atoms with Gasteiger partial charge < -0.3 is 20.5 Å². The van der Waals surface area contributed by atoms with Crippen LogP contribution in [-0.2, 0) is 6.54 Å². The highest BCUT2D eigenvalue weighted by Gasteiger charge is 2.21. The van der Waals surface area contributed by atoms with Gasteiger partial charge in [-0.1, -0.05) is 17.7 Å². The topological polar surface area (TPSA) is 71.8 Å². The number of halogens is 4. The lowest BCUT2D eigenvalue weighted by Gasteiger charge is -2.31. The molecule has 29 heavy (non-hydrogen) atoms. The first-order chi connectivity index (χ1) is 12.8. The van der Waals surface area contributed by atoms with Crippen LogP contribution in [0.4, 0.5) is 5.69 Å². The molecule has 5 rings (SSSR count). The highest BCUT2D eigenvalue weighted by molar-refractivity contribution is 6.34. The number of benzene rings is 1. The second-order valence-electron chi connectivity index (χ2n) is 6.58. The van der Waals surface area contributed by atoms with Crippen molar-refractivity contribution in [3.8, 4) is 0 Å². The van der Waals surface area contributed by atoms with Gasteiger partial charge in [0.15, 0.2) is 0 Å². The maximum atomic E-state index is 6.19. The fraction of sp³-hybridized carbons (Fsp3) is 0.211. The SMILES string of the molecule is Cl.Cl.Cl.Clc1[nH]nc2ccc(NC3=CN(C4=CCNCC4)Cc4[nH]ccc43)cc12. The van der Waals surface area contributed by atoms with Crippen molar-refractivity contribution in [3.63, 3.8) is 0 Å². The Morgan fingerprint density at radius 2 is 2.00 bits per heavy atom. The van der Waals surface area contributed by atoms with Crippen molar-refractivity contribution in [1.29, 1.82) is 0 Å². The zero-order valence-electron chi connectivity index (χ0n) is 15.4. The summed E-state index contributed by atoms with van der Waals surface area (Å²) in [6, 6.07) is 8.13. The Balaban J connectivity index is 0.000001000. The molecule has 0 saturated heterocycles.